The molecule has 0 spiro atoms. The third kappa shape index (κ3) is 4.03. The van der Waals surface area contributed by atoms with Gasteiger partial charge in [0.2, 0.25) is 0 Å². The molecule has 3 fully saturated rings. The molecule has 1 aromatic heterocycles. The summed E-state index contributed by atoms with van der Waals surface area (Å²) in [7, 11) is 1.62. The molecule has 3 aliphatic rings. The fourth-order valence-electron chi connectivity index (χ4n) is 6.06. The van der Waals surface area contributed by atoms with Gasteiger partial charge < -0.3 is 14.5 Å². The number of fused-ring (bicyclic) bond motifs is 1. The Morgan fingerprint density at radius 2 is 1.78 bits per heavy atom. The lowest BCUT2D eigenvalue weighted by Crippen LogP contribution is -2.52. The number of nitrogens with one attached hydrogen (secondary N) is 1. The first-order valence-corrected chi connectivity index (χ1v) is 13.1. The first-order valence-electron chi connectivity index (χ1n) is 13.1. The summed E-state index contributed by atoms with van der Waals surface area (Å²) < 4.78 is 12.3. The Morgan fingerprint density at radius 3 is 2.43 bits per heavy atom. The highest BCUT2D eigenvalue weighted by Crippen LogP contribution is 2.66. The molecule has 0 atom stereocenters. The summed E-state index contributed by atoms with van der Waals surface area (Å²) in [5.41, 5.74) is 5.73. The van der Waals surface area contributed by atoms with E-state index in [1.807, 2.05) is 74.5 Å². The molecule has 1 N–H and O–H groups in total. The van der Waals surface area contributed by atoms with E-state index >= 15 is 0 Å². The van der Waals surface area contributed by atoms with Crippen molar-refractivity contribution < 1.29 is 18.7 Å². The molecule has 3 aromatic carbocycles. The third-order valence-electron chi connectivity index (χ3n) is 8.05. The van der Waals surface area contributed by atoms with Gasteiger partial charge in [-0.25, -0.2) is 0 Å². The van der Waals surface area contributed by atoms with E-state index in [0.717, 1.165) is 33.7 Å². The number of ether oxygens (including phenoxy) is 1. The zero-order valence-electron chi connectivity index (χ0n) is 21.5. The van der Waals surface area contributed by atoms with Gasteiger partial charge in [0.15, 0.2) is 5.78 Å². The summed E-state index contributed by atoms with van der Waals surface area (Å²) in [6.45, 7) is 4.44. The van der Waals surface area contributed by atoms with E-state index < -0.39 is 0 Å². The minimum absolute atomic E-state index is 0.204. The topological polar surface area (TPSA) is 68.5 Å². The van der Waals surface area contributed by atoms with Crippen molar-refractivity contribution in [3.8, 4) is 28.2 Å². The first-order chi connectivity index (χ1) is 17.9. The molecule has 0 saturated heterocycles. The number of ketones is 1. The van der Waals surface area contributed by atoms with Gasteiger partial charge in [-0.3, -0.25) is 9.59 Å². The molecule has 1 heterocycles. The van der Waals surface area contributed by atoms with Crippen LogP contribution in [-0.4, -0.2) is 25.3 Å². The van der Waals surface area contributed by atoms with Crippen LogP contribution in [0.25, 0.3) is 33.4 Å². The van der Waals surface area contributed by atoms with Crippen LogP contribution in [0.15, 0.2) is 65.1 Å². The van der Waals surface area contributed by atoms with Gasteiger partial charge >= 0.3 is 0 Å². The predicted molar refractivity (Wildman–Crippen MR) is 145 cm³/mol. The van der Waals surface area contributed by atoms with Crippen molar-refractivity contribution in [3.05, 3.63) is 77.4 Å². The molecule has 1 amide bonds. The van der Waals surface area contributed by atoms with Crippen molar-refractivity contribution in [2.75, 3.05) is 13.7 Å². The molecule has 0 aliphatic heterocycles. The van der Waals surface area contributed by atoms with Crippen LogP contribution in [0, 0.1) is 18.3 Å². The van der Waals surface area contributed by atoms with Crippen LogP contribution in [-0.2, 0) is 0 Å². The Kier molecular flexibility index (Phi) is 5.67. The van der Waals surface area contributed by atoms with E-state index in [-0.39, 0.29) is 17.1 Å². The van der Waals surface area contributed by atoms with Gasteiger partial charge in [-0.05, 0) is 62.1 Å². The van der Waals surface area contributed by atoms with Gasteiger partial charge in [0.25, 0.3) is 5.91 Å². The van der Waals surface area contributed by atoms with Crippen molar-refractivity contribution in [2.45, 2.75) is 39.5 Å². The van der Waals surface area contributed by atoms with E-state index in [1.165, 1.54) is 19.3 Å². The number of hydrogen-bond acceptors (Lipinski definition) is 4. The molecule has 5 heteroatoms. The number of amides is 1. The fourth-order valence-corrected chi connectivity index (χ4v) is 6.06. The molecule has 2 bridgehead atoms. The number of hydrogen-bond donors (Lipinski definition) is 1. The zero-order valence-corrected chi connectivity index (χ0v) is 21.5. The highest BCUT2D eigenvalue weighted by molar-refractivity contribution is 6.12. The largest absolute Gasteiger partial charge is 0.493 e. The molecular weight excluding hydrogens is 462 g/mol. The minimum atomic E-state index is -0.216. The lowest BCUT2D eigenvalue weighted by molar-refractivity contribution is -0.103. The monoisotopic (exact) mass is 493 g/mol. The number of aryl methyl sites for hydroxylation is 1. The van der Waals surface area contributed by atoms with Gasteiger partial charge in [-0.15, -0.1) is 0 Å². The number of carbonyl (C=O) groups excluding carboxylic acids is 2. The normalized spacial score (nSPS) is 19.7. The van der Waals surface area contributed by atoms with Crippen LogP contribution >= 0.6 is 0 Å². The first kappa shape index (κ1) is 23.5. The highest BCUT2D eigenvalue weighted by Gasteiger charge is 2.56. The van der Waals surface area contributed by atoms with Gasteiger partial charge in [0, 0.05) is 41.6 Å². The van der Waals surface area contributed by atoms with Crippen molar-refractivity contribution in [2.24, 2.45) is 11.3 Å². The van der Waals surface area contributed by atoms with Gasteiger partial charge in [0.1, 0.15) is 17.1 Å². The Balaban J connectivity index is 1.46. The number of benzene rings is 3. The molecule has 37 heavy (non-hydrogen) atoms. The molecule has 0 radical (unpaired) electrons. The average molecular weight is 494 g/mol. The smallest absolute Gasteiger partial charge is 0.255 e. The SMILES string of the molecule is CCOc1cc2oc(-c3ccc(C)cc3)c(C(=O)NC)c2cc1-c1cccc(C(=O)CC23CC(C2)C3)c1. The van der Waals surface area contributed by atoms with E-state index in [1.54, 1.807) is 7.05 Å². The standard InChI is InChI=1S/C32H31NO4/c1-4-36-27-14-28-25(29(31(35)33-3)30(37-28)21-10-8-19(2)9-11-21)13-24(27)22-6-5-7-23(12-22)26(34)18-32-15-20(16-32)17-32/h5-14,20H,4,15-18H2,1-3H3,(H,33,35). The van der Waals surface area contributed by atoms with Gasteiger partial charge in [0.05, 0.1) is 12.2 Å². The van der Waals surface area contributed by atoms with Crippen LogP contribution in [0.3, 0.4) is 0 Å². The van der Waals surface area contributed by atoms with Gasteiger partial charge in [-0.2, -0.15) is 0 Å². The van der Waals surface area contributed by atoms with E-state index in [2.05, 4.69) is 5.32 Å². The Morgan fingerprint density at radius 1 is 1.03 bits per heavy atom. The summed E-state index contributed by atoms with van der Waals surface area (Å²) >= 11 is 0. The van der Waals surface area contributed by atoms with Crippen LogP contribution < -0.4 is 10.1 Å². The summed E-state index contributed by atoms with van der Waals surface area (Å²) in [4.78, 5) is 26.2. The van der Waals surface area contributed by atoms with Crippen molar-refractivity contribution in [1.29, 1.82) is 0 Å². The van der Waals surface area contributed by atoms with Gasteiger partial charge in [-0.1, -0.05) is 48.0 Å². The summed E-state index contributed by atoms with van der Waals surface area (Å²) in [5.74, 6) is 2.03. The maximum atomic E-state index is 13.2. The highest BCUT2D eigenvalue weighted by atomic mass is 16.5. The van der Waals surface area contributed by atoms with E-state index in [9.17, 15) is 9.59 Å². The number of Topliss-reactive ketones (excluding diaryl/α,β-unsaturated/α-hetero) is 1. The second-order valence-electron chi connectivity index (χ2n) is 10.7. The summed E-state index contributed by atoms with van der Waals surface area (Å²) in [6.07, 6.45) is 4.24. The second kappa shape index (κ2) is 8.91. The van der Waals surface area contributed by atoms with Crippen molar-refractivity contribution >= 4 is 22.7 Å². The average Bonchev–Trinajstić information content (AvgIpc) is 3.23. The Bertz CT molecular complexity index is 1510. The summed E-state index contributed by atoms with van der Waals surface area (Å²) in [6, 6.07) is 19.5. The Hall–Kier alpha value is -3.86. The minimum Gasteiger partial charge on any atom is -0.493 e. The molecule has 188 valence electrons. The lowest BCUT2D eigenvalue weighted by atomic mass is 9.43. The molecule has 5 nitrogen and oxygen atoms in total. The molecule has 3 aliphatic carbocycles. The number of furan rings is 1. The van der Waals surface area contributed by atoms with Crippen LogP contribution in [0.2, 0.25) is 0 Å². The number of rotatable bonds is 8. The van der Waals surface area contributed by atoms with Crippen LogP contribution in [0.4, 0.5) is 0 Å². The maximum absolute atomic E-state index is 13.2. The van der Waals surface area contributed by atoms with E-state index in [4.69, 9.17) is 9.15 Å². The van der Waals surface area contributed by atoms with Crippen LogP contribution in [0.5, 0.6) is 5.75 Å². The predicted octanol–water partition coefficient (Wildman–Crippen LogP) is 7.21. The van der Waals surface area contributed by atoms with Crippen molar-refractivity contribution in [1.82, 2.24) is 5.32 Å². The third-order valence-corrected chi connectivity index (χ3v) is 8.05. The fraction of sp³-hybridized carbons (Fsp3) is 0.312. The molecule has 0 unspecified atom stereocenters. The Labute approximate surface area is 216 Å². The zero-order chi connectivity index (χ0) is 25.7. The quantitative estimate of drug-likeness (QED) is 0.263. The number of carbonyl (C=O) groups is 2. The molecule has 4 aromatic rings. The second-order valence-corrected chi connectivity index (χ2v) is 10.7. The molecule has 7 rings (SSSR count). The van der Waals surface area contributed by atoms with E-state index in [0.29, 0.717) is 41.1 Å². The van der Waals surface area contributed by atoms with Crippen LogP contribution in [0.1, 0.15) is 58.9 Å². The molecular formula is C32H31NO4. The van der Waals surface area contributed by atoms with Crippen molar-refractivity contribution in [3.63, 3.8) is 0 Å². The summed E-state index contributed by atoms with van der Waals surface area (Å²) in [5, 5.41) is 3.47. The lowest BCUT2D eigenvalue weighted by Gasteiger charge is -2.62. The maximum Gasteiger partial charge on any atom is 0.255 e. The molecule has 3 saturated carbocycles.